The van der Waals surface area contributed by atoms with E-state index in [4.69, 9.17) is 4.74 Å². The fraction of sp³-hybridized carbons (Fsp3) is 0.273. The number of benzene rings is 2. The first-order valence-electron chi connectivity index (χ1n) is 9.48. The van der Waals surface area contributed by atoms with Crippen molar-refractivity contribution in [2.45, 2.75) is 20.8 Å². The maximum atomic E-state index is 5.26. The average molecular weight is 377 g/mol. The van der Waals surface area contributed by atoms with Crippen LogP contribution in [0.2, 0.25) is 0 Å². The highest BCUT2D eigenvalue weighted by Gasteiger charge is 2.07. The van der Waals surface area contributed by atoms with E-state index in [9.17, 15) is 0 Å². The van der Waals surface area contributed by atoms with E-state index in [0.717, 1.165) is 36.0 Å². The van der Waals surface area contributed by atoms with Gasteiger partial charge < -0.3 is 20.3 Å². The highest BCUT2D eigenvalue weighted by molar-refractivity contribution is 5.67. The second kappa shape index (κ2) is 9.08. The van der Waals surface area contributed by atoms with Crippen molar-refractivity contribution in [3.63, 3.8) is 0 Å². The van der Waals surface area contributed by atoms with Gasteiger partial charge in [-0.1, -0.05) is 6.07 Å². The number of aryl methyl sites for hydroxylation is 1. The van der Waals surface area contributed by atoms with Gasteiger partial charge in [-0.2, -0.15) is 0 Å². The molecule has 1 heterocycles. The van der Waals surface area contributed by atoms with Crippen molar-refractivity contribution in [3.8, 4) is 5.75 Å². The van der Waals surface area contributed by atoms with E-state index in [1.807, 2.05) is 30.3 Å². The van der Waals surface area contributed by atoms with Crippen LogP contribution in [0.4, 0.5) is 28.7 Å². The summed E-state index contributed by atoms with van der Waals surface area (Å²) in [4.78, 5) is 11.0. The van der Waals surface area contributed by atoms with Crippen LogP contribution in [-0.2, 0) is 0 Å². The monoisotopic (exact) mass is 377 g/mol. The molecular formula is C22H27N5O. The fourth-order valence-corrected chi connectivity index (χ4v) is 3.05. The molecule has 0 saturated heterocycles. The largest absolute Gasteiger partial charge is 0.497 e. The molecule has 0 atom stereocenters. The lowest BCUT2D eigenvalue weighted by Gasteiger charge is -2.22. The Balaban J connectivity index is 1.75. The predicted octanol–water partition coefficient (Wildman–Crippen LogP) is 5.13. The van der Waals surface area contributed by atoms with Crippen LogP contribution >= 0.6 is 0 Å². The van der Waals surface area contributed by atoms with Gasteiger partial charge in [0.25, 0.3) is 0 Å². The van der Waals surface area contributed by atoms with Gasteiger partial charge in [0.2, 0.25) is 0 Å². The van der Waals surface area contributed by atoms with Crippen molar-refractivity contribution in [2.75, 3.05) is 35.7 Å². The van der Waals surface area contributed by atoms with Crippen LogP contribution in [0, 0.1) is 6.92 Å². The molecule has 3 aromatic rings. The van der Waals surface area contributed by atoms with Gasteiger partial charge in [0.05, 0.1) is 7.11 Å². The first-order chi connectivity index (χ1) is 13.6. The van der Waals surface area contributed by atoms with Crippen LogP contribution in [-0.4, -0.2) is 30.2 Å². The highest BCUT2D eigenvalue weighted by Crippen LogP contribution is 2.26. The number of ether oxygens (including phenoxy) is 1. The van der Waals surface area contributed by atoms with E-state index < -0.39 is 0 Å². The Morgan fingerprint density at radius 3 is 2.36 bits per heavy atom. The number of anilines is 5. The summed E-state index contributed by atoms with van der Waals surface area (Å²) in [5.41, 5.74) is 4.34. The van der Waals surface area contributed by atoms with E-state index >= 15 is 0 Å². The van der Waals surface area contributed by atoms with Gasteiger partial charge in [-0.15, -0.1) is 0 Å². The minimum atomic E-state index is 0.711. The molecule has 0 aliphatic carbocycles. The molecule has 0 bridgehead atoms. The van der Waals surface area contributed by atoms with Gasteiger partial charge in [0.1, 0.15) is 23.7 Å². The van der Waals surface area contributed by atoms with E-state index in [2.05, 4.69) is 64.5 Å². The van der Waals surface area contributed by atoms with Crippen LogP contribution in [0.3, 0.4) is 0 Å². The number of rotatable bonds is 8. The number of methoxy groups -OCH3 is 1. The third-order valence-electron chi connectivity index (χ3n) is 4.61. The number of hydrogen-bond acceptors (Lipinski definition) is 6. The summed E-state index contributed by atoms with van der Waals surface area (Å²) in [5, 5.41) is 6.67. The lowest BCUT2D eigenvalue weighted by molar-refractivity contribution is 0.415. The summed E-state index contributed by atoms with van der Waals surface area (Å²) in [7, 11) is 1.65. The van der Waals surface area contributed by atoms with Gasteiger partial charge >= 0.3 is 0 Å². The second-order valence-corrected chi connectivity index (χ2v) is 6.44. The van der Waals surface area contributed by atoms with Crippen molar-refractivity contribution in [1.82, 2.24) is 9.97 Å². The molecule has 146 valence electrons. The average Bonchev–Trinajstić information content (AvgIpc) is 2.71. The Bertz CT molecular complexity index is 924. The Morgan fingerprint density at radius 1 is 0.929 bits per heavy atom. The van der Waals surface area contributed by atoms with Gasteiger partial charge in [-0.3, -0.25) is 0 Å². The lowest BCUT2D eigenvalue weighted by Crippen LogP contribution is -2.21. The van der Waals surface area contributed by atoms with Crippen LogP contribution < -0.4 is 20.3 Å². The quantitative estimate of drug-likeness (QED) is 0.568. The van der Waals surface area contributed by atoms with Gasteiger partial charge in [-0.25, -0.2) is 9.97 Å². The van der Waals surface area contributed by atoms with Crippen LogP contribution in [0.25, 0.3) is 0 Å². The zero-order valence-electron chi connectivity index (χ0n) is 16.9. The summed E-state index contributed by atoms with van der Waals surface area (Å²) >= 11 is 0. The number of nitrogens with zero attached hydrogens (tertiary/aromatic N) is 3. The topological polar surface area (TPSA) is 62.3 Å². The Morgan fingerprint density at radius 2 is 1.68 bits per heavy atom. The normalized spacial score (nSPS) is 10.4. The van der Waals surface area contributed by atoms with E-state index in [1.165, 1.54) is 11.3 Å². The maximum Gasteiger partial charge on any atom is 0.135 e. The Labute approximate surface area is 166 Å². The first-order valence-corrected chi connectivity index (χ1v) is 9.48. The molecule has 6 heteroatoms. The molecule has 0 unspecified atom stereocenters. The fourth-order valence-electron chi connectivity index (χ4n) is 3.05. The number of aromatic nitrogens is 2. The van der Waals surface area contributed by atoms with Crippen molar-refractivity contribution in [1.29, 1.82) is 0 Å². The molecule has 2 aromatic carbocycles. The minimum absolute atomic E-state index is 0.711. The molecule has 0 aliphatic heterocycles. The Kier molecular flexibility index (Phi) is 6.32. The van der Waals surface area contributed by atoms with Crippen LogP contribution in [0.1, 0.15) is 19.4 Å². The van der Waals surface area contributed by atoms with Crippen molar-refractivity contribution in [2.24, 2.45) is 0 Å². The van der Waals surface area contributed by atoms with E-state index in [0.29, 0.717) is 5.82 Å². The van der Waals surface area contributed by atoms with Gasteiger partial charge in [0.15, 0.2) is 0 Å². The molecule has 0 aliphatic rings. The summed E-state index contributed by atoms with van der Waals surface area (Å²) < 4.78 is 5.26. The maximum absolute atomic E-state index is 5.26. The number of nitrogens with one attached hydrogen (secondary N) is 2. The standard InChI is InChI=1S/C22H27N5O/c1-5-27(6-2)18-10-11-20(16(3)12-18)26-22-14-21(23-15-24-22)25-17-8-7-9-19(13-17)28-4/h7-15H,5-6H2,1-4H3,(H2,23,24,25,26). The first kappa shape index (κ1) is 19.5. The third kappa shape index (κ3) is 4.71. The third-order valence-corrected chi connectivity index (χ3v) is 4.61. The summed E-state index contributed by atoms with van der Waals surface area (Å²) in [6.45, 7) is 8.43. The van der Waals surface area contributed by atoms with E-state index in [-0.39, 0.29) is 0 Å². The molecule has 6 nitrogen and oxygen atoms in total. The van der Waals surface area contributed by atoms with Crippen molar-refractivity contribution in [3.05, 3.63) is 60.4 Å². The summed E-state index contributed by atoms with van der Waals surface area (Å²) in [6.07, 6.45) is 1.55. The van der Waals surface area contributed by atoms with Crippen molar-refractivity contribution >= 4 is 28.7 Å². The Hall–Kier alpha value is -3.28. The molecule has 0 amide bonds. The molecule has 0 radical (unpaired) electrons. The summed E-state index contributed by atoms with van der Waals surface area (Å²) in [5.74, 6) is 2.24. The van der Waals surface area contributed by atoms with Gasteiger partial charge in [-0.05, 0) is 56.7 Å². The van der Waals surface area contributed by atoms with Gasteiger partial charge in [0, 0.05) is 42.3 Å². The number of hydrogen-bond donors (Lipinski definition) is 2. The molecular weight excluding hydrogens is 350 g/mol. The molecule has 0 fully saturated rings. The lowest BCUT2D eigenvalue weighted by atomic mass is 10.1. The van der Waals surface area contributed by atoms with Crippen molar-refractivity contribution < 1.29 is 4.74 Å². The molecule has 0 spiro atoms. The molecule has 3 rings (SSSR count). The minimum Gasteiger partial charge on any atom is -0.497 e. The van der Waals surface area contributed by atoms with E-state index in [1.54, 1.807) is 13.4 Å². The highest BCUT2D eigenvalue weighted by atomic mass is 16.5. The molecule has 28 heavy (non-hydrogen) atoms. The van der Waals surface area contributed by atoms with Crippen LogP contribution in [0.5, 0.6) is 5.75 Å². The SMILES string of the molecule is CCN(CC)c1ccc(Nc2cc(Nc3cccc(OC)c3)ncn2)c(C)c1. The zero-order chi connectivity index (χ0) is 19.9. The second-order valence-electron chi connectivity index (χ2n) is 6.44. The van der Waals surface area contributed by atoms with Crippen LogP contribution in [0.15, 0.2) is 54.9 Å². The molecule has 0 saturated carbocycles. The smallest absolute Gasteiger partial charge is 0.135 e. The summed E-state index contributed by atoms with van der Waals surface area (Å²) in [6, 6.07) is 16.0. The predicted molar refractivity (Wildman–Crippen MR) is 116 cm³/mol. The molecule has 2 N–H and O–H groups in total. The zero-order valence-corrected chi connectivity index (χ0v) is 16.9. The molecule has 1 aromatic heterocycles.